The summed E-state index contributed by atoms with van der Waals surface area (Å²) < 4.78 is 68.8. The molecule has 2 aromatic rings. The molecule has 0 unspecified atom stereocenters. The number of carbonyl (C=O) groups is 1. The molecule has 1 saturated heterocycles. The second-order valence-corrected chi connectivity index (χ2v) is 12.0. The third-order valence-corrected chi connectivity index (χ3v) is 9.79. The summed E-state index contributed by atoms with van der Waals surface area (Å²) in [5.74, 6) is -2.48. The van der Waals surface area contributed by atoms with Gasteiger partial charge in [-0.05, 0) is 50.3 Å². The predicted molar refractivity (Wildman–Crippen MR) is 128 cm³/mol. The van der Waals surface area contributed by atoms with Crippen molar-refractivity contribution in [2.75, 3.05) is 20.8 Å². The number of aliphatic hydroxyl groups is 1. The number of halogens is 2. The fourth-order valence-corrected chi connectivity index (χ4v) is 7.87. The number of sulfonamides is 1. The summed E-state index contributed by atoms with van der Waals surface area (Å²) in [5.41, 5.74) is -2.63. The fourth-order valence-electron chi connectivity index (χ4n) is 5.68. The number of esters is 1. The van der Waals surface area contributed by atoms with Crippen molar-refractivity contribution in [3.8, 4) is 0 Å². The van der Waals surface area contributed by atoms with Crippen molar-refractivity contribution in [1.82, 2.24) is 4.31 Å². The van der Waals surface area contributed by atoms with Crippen molar-refractivity contribution in [3.63, 3.8) is 0 Å². The van der Waals surface area contributed by atoms with E-state index in [-0.39, 0.29) is 37.1 Å². The molecule has 1 aliphatic carbocycles. The number of carbonyl (C=O) groups excluding carboxylic acids is 1. The number of hydrogen-bond donors (Lipinski definition) is 1. The zero-order chi connectivity index (χ0) is 26.3. The third kappa shape index (κ3) is 4.55. The van der Waals surface area contributed by atoms with Gasteiger partial charge in [0.05, 0.1) is 19.3 Å². The number of methoxy groups -OCH3 is 2. The fraction of sp³-hybridized carbons (Fsp3) is 0.500. The van der Waals surface area contributed by atoms with Crippen molar-refractivity contribution in [1.29, 1.82) is 0 Å². The molecule has 2 atom stereocenters. The van der Waals surface area contributed by atoms with Gasteiger partial charge >= 0.3 is 5.97 Å². The lowest BCUT2D eigenvalue weighted by molar-refractivity contribution is -0.176. The van der Waals surface area contributed by atoms with Gasteiger partial charge in [0.15, 0.2) is 0 Å². The van der Waals surface area contributed by atoms with E-state index in [4.69, 9.17) is 9.47 Å². The van der Waals surface area contributed by atoms with E-state index in [1.165, 1.54) is 11.4 Å². The van der Waals surface area contributed by atoms with E-state index in [0.717, 1.165) is 19.2 Å². The summed E-state index contributed by atoms with van der Waals surface area (Å²) in [6, 6.07) is 10.3. The molecule has 1 heterocycles. The molecule has 2 fully saturated rings. The molecular weight excluding hydrogens is 492 g/mol. The van der Waals surface area contributed by atoms with Gasteiger partial charge in [0.2, 0.25) is 10.0 Å². The zero-order valence-corrected chi connectivity index (χ0v) is 21.4. The summed E-state index contributed by atoms with van der Waals surface area (Å²) in [4.78, 5) is 12.6. The lowest BCUT2D eigenvalue weighted by Crippen LogP contribution is -2.61. The first-order chi connectivity index (χ1) is 17.0. The Bertz CT molecular complexity index is 1230. The topological polar surface area (TPSA) is 93.1 Å². The van der Waals surface area contributed by atoms with Gasteiger partial charge in [0.1, 0.15) is 22.3 Å². The van der Waals surface area contributed by atoms with Crippen LogP contribution in [0.25, 0.3) is 0 Å². The molecule has 0 spiro atoms. The Morgan fingerprint density at radius 2 is 1.78 bits per heavy atom. The van der Waals surface area contributed by atoms with Crippen LogP contribution >= 0.6 is 0 Å². The van der Waals surface area contributed by atoms with E-state index < -0.39 is 49.9 Å². The average Bonchev–Trinajstić information content (AvgIpc) is 2.81. The summed E-state index contributed by atoms with van der Waals surface area (Å²) in [7, 11) is -1.31. The van der Waals surface area contributed by atoms with Crippen LogP contribution in [0.1, 0.15) is 54.5 Å². The summed E-state index contributed by atoms with van der Waals surface area (Å²) >= 11 is 0. The first-order valence-corrected chi connectivity index (χ1v) is 13.3. The summed E-state index contributed by atoms with van der Waals surface area (Å²) in [5, 5.41) is 9.80. The molecule has 0 bridgehead atoms. The van der Waals surface area contributed by atoms with Gasteiger partial charge in [0.25, 0.3) is 0 Å². The minimum absolute atomic E-state index is 0.0682. The molecule has 7 nitrogen and oxygen atoms in total. The number of rotatable bonds is 7. The molecule has 2 aliphatic rings. The molecule has 0 amide bonds. The first kappa shape index (κ1) is 26.7. The minimum atomic E-state index is -3.84. The molecule has 1 aliphatic heterocycles. The molecule has 4 rings (SSSR count). The van der Waals surface area contributed by atoms with Crippen LogP contribution in [-0.4, -0.2) is 56.3 Å². The number of ether oxygens (including phenoxy) is 2. The molecule has 2 aromatic carbocycles. The van der Waals surface area contributed by atoms with Crippen LogP contribution in [0.3, 0.4) is 0 Å². The molecule has 196 valence electrons. The Hall–Kier alpha value is -2.40. The maximum absolute atomic E-state index is 15.4. The van der Waals surface area contributed by atoms with Crippen molar-refractivity contribution in [2.45, 2.75) is 61.5 Å². The smallest absolute Gasteiger partial charge is 0.316 e. The highest BCUT2D eigenvalue weighted by Gasteiger charge is 2.61. The maximum Gasteiger partial charge on any atom is 0.316 e. The van der Waals surface area contributed by atoms with Gasteiger partial charge < -0.3 is 14.6 Å². The monoisotopic (exact) mass is 523 g/mol. The van der Waals surface area contributed by atoms with Gasteiger partial charge in [-0.2, -0.15) is 4.31 Å². The van der Waals surface area contributed by atoms with Crippen molar-refractivity contribution in [3.05, 3.63) is 70.8 Å². The Morgan fingerprint density at radius 3 is 2.39 bits per heavy atom. The second-order valence-electron chi connectivity index (χ2n) is 9.92. The zero-order valence-electron chi connectivity index (χ0n) is 20.5. The predicted octanol–water partition coefficient (Wildman–Crippen LogP) is 3.60. The van der Waals surface area contributed by atoms with Gasteiger partial charge in [0, 0.05) is 30.8 Å². The molecular formula is C26H31F2NO6S. The SMILES string of the molecule is COCC1(O)CC(C(=O)OC)(c2cc(F)c(CN3[C@@H](C)CC[C@H](c4ccccc4)S3(=O)=O)cc2F)C1. The Balaban J connectivity index is 1.65. The molecule has 10 heteroatoms. The van der Waals surface area contributed by atoms with Crippen LogP contribution in [-0.2, 0) is 36.3 Å². The highest BCUT2D eigenvalue weighted by Crippen LogP contribution is 2.52. The van der Waals surface area contributed by atoms with E-state index >= 15 is 8.78 Å². The van der Waals surface area contributed by atoms with E-state index in [9.17, 15) is 18.3 Å². The lowest BCUT2D eigenvalue weighted by atomic mass is 9.56. The standard InChI is InChI=1S/C26H31F2NO6S/c1-17-9-10-23(18-7-5-4-6-8-18)36(32,33)29(17)13-19-11-22(28)20(12-21(19)27)26(24(30)35-3)14-25(31,15-26)16-34-2/h4-8,11-12,17,23,31H,9-10,13-16H2,1-3H3/t17-,23+,25?,26?/m0/s1. The van der Waals surface area contributed by atoms with Crippen LogP contribution in [0.4, 0.5) is 8.78 Å². The minimum Gasteiger partial charge on any atom is -0.468 e. The van der Waals surface area contributed by atoms with E-state index in [2.05, 4.69) is 0 Å². The van der Waals surface area contributed by atoms with Crippen LogP contribution in [0.15, 0.2) is 42.5 Å². The van der Waals surface area contributed by atoms with Gasteiger partial charge in [-0.15, -0.1) is 0 Å². The number of hydrogen-bond acceptors (Lipinski definition) is 6. The number of benzene rings is 2. The Kier molecular flexibility index (Phi) is 7.27. The molecule has 36 heavy (non-hydrogen) atoms. The third-order valence-electron chi connectivity index (χ3n) is 7.42. The Morgan fingerprint density at radius 1 is 1.11 bits per heavy atom. The van der Waals surface area contributed by atoms with E-state index in [1.807, 2.05) is 0 Å². The summed E-state index contributed by atoms with van der Waals surface area (Å²) in [6.45, 7) is 1.34. The molecule has 1 saturated carbocycles. The van der Waals surface area contributed by atoms with Crippen molar-refractivity contribution in [2.24, 2.45) is 0 Å². The van der Waals surface area contributed by atoms with E-state index in [0.29, 0.717) is 18.4 Å². The molecule has 0 aromatic heterocycles. The van der Waals surface area contributed by atoms with Crippen molar-refractivity contribution >= 4 is 16.0 Å². The Labute approximate surface area is 210 Å². The maximum atomic E-state index is 15.4. The van der Waals surface area contributed by atoms with Crippen molar-refractivity contribution < 1.29 is 36.6 Å². The van der Waals surface area contributed by atoms with Crippen LogP contribution in [0, 0.1) is 11.6 Å². The lowest BCUT2D eigenvalue weighted by Gasteiger charge is -2.51. The number of nitrogens with zero attached hydrogens (tertiary/aromatic N) is 1. The molecule has 0 radical (unpaired) electrons. The van der Waals surface area contributed by atoms with Gasteiger partial charge in [-0.1, -0.05) is 30.3 Å². The summed E-state index contributed by atoms with van der Waals surface area (Å²) in [6.07, 6.45) is 0.634. The van der Waals surface area contributed by atoms with Crippen LogP contribution in [0.2, 0.25) is 0 Å². The average molecular weight is 524 g/mol. The van der Waals surface area contributed by atoms with Crippen LogP contribution < -0.4 is 0 Å². The molecule has 1 N–H and O–H groups in total. The van der Waals surface area contributed by atoms with Gasteiger partial charge in [-0.3, -0.25) is 4.79 Å². The van der Waals surface area contributed by atoms with Gasteiger partial charge in [-0.25, -0.2) is 17.2 Å². The highest BCUT2D eigenvalue weighted by molar-refractivity contribution is 7.89. The highest BCUT2D eigenvalue weighted by atomic mass is 32.2. The second kappa shape index (κ2) is 9.81. The first-order valence-electron chi connectivity index (χ1n) is 11.8. The largest absolute Gasteiger partial charge is 0.468 e. The normalized spacial score (nSPS) is 29.9. The van der Waals surface area contributed by atoms with E-state index in [1.54, 1.807) is 37.3 Å². The van der Waals surface area contributed by atoms with Crippen LogP contribution in [0.5, 0.6) is 0 Å². The quantitative estimate of drug-likeness (QED) is 0.558.